The van der Waals surface area contributed by atoms with Crippen LogP contribution in [0.1, 0.15) is 29.5 Å². The predicted molar refractivity (Wildman–Crippen MR) is 118 cm³/mol. The maximum atomic E-state index is 14.0. The Hall–Kier alpha value is -3.15. The first-order valence-electron chi connectivity index (χ1n) is 10.5. The van der Waals surface area contributed by atoms with E-state index in [0.717, 1.165) is 11.1 Å². The number of carbonyl (C=O) groups is 2. The molecule has 1 amide bonds. The largest absolute Gasteiger partial charge is 0.425 e. The number of halogens is 1. The van der Waals surface area contributed by atoms with Crippen LogP contribution in [0.15, 0.2) is 78.9 Å². The number of fused-ring (bicyclic) bond motifs is 3. The van der Waals surface area contributed by atoms with Crippen molar-refractivity contribution in [2.24, 2.45) is 10.8 Å². The quantitative estimate of drug-likeness (QED) is 0.372. The smallest absolute Gasteiger partial charge is 0.328 e. The molecular weight excluding hydrogens is 426 g/mol. The fourth-order valence-electron chi connectivity index (χ4n) is 6.12. The van der Waals surface area contributed by atoms with E-state index in [0.29, 0.717) is 16.3 Å². The van der Waals surface area contributed by atoms with E-state index in [-0.39, 0.29) is 6.54 Å². The molecule has 2 fully saturated rings. The fourth-order valence-corrected chi connectivity index (χ4v) is 6.25. The number of para-hydroxylation sites is 1. The van der Waals surface area contributed by atoms with Crippen molar-refractivity contribution in [3.05, 3.63) is 101 Å². The number of likely N-dealkylation sites (tertiary alicyclic amines) is 1. The molecule has 1 aliphatic carbocycles. The number of piperidine rings is 1. The third-order valence-electron chi connectivity index (χ3n) is 7.63. The molecule has 1 saturated heterocycles. The van der Waals surface area contributed by atoms with Crippen LogP contribution in [-0.2, 0) is 21.9 Å². The van der Waals surface area contributed by atoms with Crippen LogP contribution in [0.3, 0.4) is 0 Å². The van der Waals surface area contributed by atoms with Crippen molar-refractivity contribution >= 4 is 23.5 Å². The lowest BCUT2D eigenvalue weighted by molar-refractivity contribution is -0.169. The van der Waals surface area contributed by atoms with E-state index in [2.05, 4.69) is 0 Å². The van der Waals surface area contributed by atoms with Crippen LogP contribution >= 0.6 is 11.6 Å². The number of nitrogens with zero attached hydrogens (tertiary/aromatic N) is 1. The van der Waals surface area contributed by atoms with Gasteiger partial charge in [-0.05, 0) is 23.8 Å². The van der Waals surface area contributed by atoms with Crippen molar-refractivity contribution in [2.75, 3.05) is 0 Å². The number of hydrogen-bond donors (Lipinski definition) is 1. The highest BCUT2D eigenvalue weighted by Gasteiger charge is 2.96. The maximum Gasteiger partial charge on any atom is 0.328 e. The van der Waals surface area contributed by atoms with Crippen molar-refractivity contribution in [2.45, 2.75) is 25.1 Å². The van der Waals surface area contributed by atoms with Gasteiger partial charge in [-0.15, -0.1) is 0 Å². The maximum absolute atomic E-state index is 14.0. The van der Waals surface area contributed by atoms with Gasteiger partial charge in [-0.1, -0.05) is 79.2 Å². The second-order valence-electron chi connectivity index (χ2n) is 8.93. The standard InChI is InChI=1S/C26H20ClNO4/c1-24-21-19-9-5-6-10-20(19)32-23(30)25(21,24)22(29)28(15-16-7-3-2-4-8-16)26(24,31)17-11-13-18(27)14-12-17/h2-14,21,31H,15H2,1H3/t21-,24-,25-,26?/m0/s1. The topological polar surface area (TPSA) is 66.8 Å². The van der Waals surface area contributed by atoms with Gasteiger partial charge in [0, 0.05) is 28.6 Å². The zero-order valence-corrected chi connectivity index (χ0v) is 18.0. The van der Waals surface area contributed by atoms with Gasteiger partial charge in [0.1, 0.15) is 5.75 Å². The van der Waals surface area contributed by atoms with Crippen LogP contribution in [0.25, 0.3) is 0 Å². The second kappa shape index (κ2) is 6.21. The van der Waals surface area contributed by atoms with Gasteiger partial charge in [0.25, 0.3) is 0 Å². The Labute approximate surface area is 190 Å². The van der Waals surface area contributed by atoms with E-state index >= 15 is 0 Å². The third-order valence-corrected chi connectivity index (χ3v) is 7.88. The second-order valence-corrected chi connectivity index (χ2v) is 9.36. The lowest BCUT2D eigenvalue weighted by Crippen LogP contribution is -2.51. The van der Waals surface area contributed by atoms with Crippen molar-refractivity contribution in [3.8, 4) is 5.75 Å². The van der Waals surface area contributed by atoms with Gasteiger partial charge in [0.05, 0.1) is 5.41 Å². The highest BCUT2D eigenvalue weighted by Crippen LogP contribution is 2.86. The molecule has 3 aromatic rings. The summed E-state index contributed by atoms with van der Waals surface area (Å²) in [5.41, 5.74) is -2.16. The molecule has 1 spiro atoms. The highest BCUT2D eigenvalue weighted by atomic mass is 35.5. The number of rotatable bonds is 3. The monoisotopic (exact) mass is 445 g/mol. The molecule has 0 aromatic heterocycles. The normalized spacial score (nSPS) is 32.1. The summed E-state index contributed by atoms with van der Waals surface area (Å²) in [7, 11) is 0. The van der Waals surface area contributed by atoms with E-state index in [4.69, 9.17) is 16.3 Å². The molecule has 1 unspecified atom stereocenters. The van der Waals surface area contributed by atoms with Crippen LogP contribution in [0, 0.1) is 10.8 Å². The summed E-state index contributed by atoms with van der Waals surface area (Å²) in [6, 6.07) is 23.5. The number of ether oxygens (including phenoxy) is 1. The van der Waals surface area contributed by atoms with Crippen molar-refractivity contribution in [3.63, 3.8) is 0 Å². The molecule has 2 heterocycles. The van der Waals surface area contributed by atoms with Gasteiger partial charge in [-0.2, -0.15) is 0 Å². The molecule has 32 heavy (non-hydrogen) atoms. The minimum absolute atomic E-state index is 0.164. The summed E-state index contributed by atoms with van der Waals surface area (Å²) in [6.07, 6.45) is 0. The summed E-state index contributed by atoms with van der Waals surface area (Å²) < 4.78 is 5.65. The van der Waals surface area contributed by atoms with Gasteiger partial charge < -0.3 is 14.7 Å². The van der Waals surface area contributed by atoms with Gasteiger partial charge in [-0.3, -0.25) is 9.59 Å². The number of esters is 1. The Morgan fingerprint density at radius 1 is 0.969 bits per heavy atom. The summed E-state index contributed by atoms with van der Waals surface area (Å²) in [4.78, 5) is 28.8. The van der Waals surface area contributed by atoms with Crippen molar-refractivity contribution in [1.29, 1.82) is 0 Å². The summed E-state index contributed by atoms with van der Waals surface area (Å²) >= 11 is 6.11. The van der Waals surface area contributed by atoms with Gasteiger partial charge in [0.2, 0.25) is 5.91 Å². The summed E-state index contributed by atoms with van der Waals surface area (Å²) in [5.74, 6) is -1.04. The van der Waals surface area contributed by atoms with Gasteiger partial charge in [-0.25, -0.2) is 0 Å². The lowest BCUT2D eigenvalue weighted by atomic mass is 9.82. The average Bonchev–Trinajstić information content (AvgIpc) is 3.37. The SMILES string of the molecule is C[C@]12[C@@H]3c4ccccc4OC(=O)[C@@]31C(=O)N(Cc1ccccc1)C2(O)c1ccc(Cl)cc1. The Kier molecular flexibility index (Phi) is 3.79. The first kappa shape index (κ1) is 19.5. The van der Waals surface area contributed by atoms with Crippen LogP contribution in [0.4, 0.5) is 0 Å². The highest BCUT2D eigenvalue weighted by molar-refractivity contribution is 6.30. The Bertz CT molecular complexity index is 1280. The van der Waals surface area contributed by atoms with Crippen LogP contribution in [-0.4, -0.2) is 21.9 Å². The van der Waals surface area contributed by atoms with Gasteiger partial charge >= 0.3 is 5.97 Å². The van der Waals surface area contributed by atoms with Crippen LogP contribution in [0.5, 0.6) is 5.75 Å². The first-order chi connectivity index (χ1) is 15.4. The number of benzene rings is 3. The van der Waals surface area contributed by atoms with E-state index in [1.165, 1.54) is 4.90 Å². The van der Waals surface area contributed by atoms with E-state index < -0.39 is 34.3 Å². The Morgan fingerprint density at radius 2 is 1.62 bits per heavy atom. The van der Waals surface area contributed by atoms with E-state index in [1.807, 2.05) is 49.4 Å². The number of hydrogen-bond acceptors (Lipinski definition) is 4. The first-order valence-corrected chi connectivity index (χ1v) is 10.9. The molecule has 5 nitrogen and oxygen atoms in total. The van der Waals surface area contributed by atoms with Crippen LogP contribution < -0.4 is 4.74 Å². The molecule has 0 bridgehead atoms. The van der Waals surface area contributed by atoms with E-state index in [1.54, 1.807) is 36.4 Å². The molecule has 6 rings (SSSR count). The zero-order valence-electron chi connectivity index (χ0n) is 17.3. The molecule has 3 aromatic carbocycles. The van der Waals surface area contributed by atoms with Crippen molar-refractivity contribution in [1.82, 2.24) is 4.90 Å². The zero-order chi connectivity index (χ0) is 22.3. The van der Waals surface area contributed by atoms with Crippen molar-refractivity contribution < 1.29 is 19.4 Å². The molecule has 160 valence electrons. The fraction of sp³-hybridized carbons (Fsp3) is 0.231. The summed E-state index contributed by atoms with van der Waals surface area (Å²) in [6.45, 7) is 1.98. The summed E-state index contributed by atoms with van der Waals surface area (Å²) in [5, 5.41) is 13.0. The minimum Gasteiger partial charge on any atom is -0.425 e. The number of amides is 1. The number of aliphatic hydroxyl groups is 1. The molecule has 2 aliphatic heterocycles. The van der Waals surface area contributed by atoms with Gasteiger partial charge in [0.15, 0.2) is 11.1 Å². The predicted octanol–water partition coefficient (Wildman–Crippen LogP) is 4.24. The Balaban J connectivity index is 1.58. The molecule has 4 atom stereocenters. The minimum atomic E-state index is -1.73. The Morgan fingerprint density at radius 3 is 2.34 bits per heavy atom. The average molecular weight is 446 g/mol. The molecule has 1 saturated carbocycles. The van der Waals surface area contributed by atoms with E-state index in [9.17, 15) is 14.7 Å². The molecule has 0 radical (unpaired) electrons. The lowest BCUT2D eigenvalue weighted by Gasteiger charge is -2.41. The third kappa shape index (κ3) is 2.04. The number of carbonyl (C=O) groups excluding carboxylic acids is 2. The molecular formula is C26H20ClNO4. The molecule has 6 heteroatoms. The molecule has 3 aliphatic rings. The van der Waals surface area contributed by atoms with Crippen LogP contribution in [0.2, 0.25) is 5.02 Å². The molecule has 1 N–H and O–H groups in total.